The van der Waals surface area contributed by atoms with Crippen molar-refractivity contribution in [1.82, 2.24) is 0 Å². The molecule has 1 aromatic carbocycles. The second kappa shape index (κ2) is 5.40. The number of carboxylic acids is 1. The van der Waals surface area contributed by atoms with Crippen LogP contribution in [0.15, 0.2) is 18.2 Å². The highest BCUT2D eigenvalue weighted by atomic mass is 16.5. The van der Waals surface area contributed by atoms with E-state index in [1.54, 1.807) is 19.2 Å². The Morgan fingerprint density at radius 2 is 2.33 bits per heavy atom. The first kappa shape index (κ1) is 12.9. The first-order valence-corrected chi connectivity index (χ1v) is 6.25. The number of methoxy groups -OCH3 is 1. The SMILES string of the molecule is COCC(C)N1CCCc2cc(C(=O)O)ccc21. The molecule has 1 atom stereocenters. The van der Waals surface area contributed by atoms with E-state index in [1.165, 1.54) is 0 Å². The van der Waals surface area contributed by atoms with Gasteiger partial charge >= 0.3 is 5.97 Å². The predicted molar refractivity (Wildman–Crippen MR) is 70.4 cm³/mol. The molecule has 1 aliphatic rings. The van der Waals surface area contributed by atoms with Gasteiger partial charge in [-0.25, -0.2) is 4.79 Å². The van der Waals surface area contributed by atoms with Gasteiger partial charge in [0.15, 0.2) is 0 Å². The van der Waals surface area contributed by atoms with Crippen molar-refractivity contribution in [2.24, 2.45) is 0 Å². The number of ether oxygens (including phenoxy) is 1. The summed E-state index contributed by atoms with van der Waals surface area (Å²) in [5.41, 5.74) is 2.65. The number of fused-ring (bicyclic) bond motifs is 1. The van der Waals surface area contributed by atoms with E-state index in [9.17, 15) is 4.79 Å². The Hall–Kier alpha value is -1.55. The number of rotatable bonds is 4. The smallest absolute Gasteiger partial charge is 0.335 e. The van der Waals surface area contributed by atoms with Crippen LogP contribution < -0.4 is 4.90 Å². The summed E-state index contributed by atoms with van der Waals surface area (Å²) in [6.07, 6.45) is 2.01. The van der Waals surface area contributed by atoms with Gasteiger partial charge in [0, 0.05) is 25.4 Å². The molecule has 0 fully saturated rings. The van der Waals surface area contributed by atoms with E-state index in [0.29, 0.717) is 18.2 Å². The van der Waals surface area contributed by atoms with Gasteiger partial charge in [-0.15, -0.1) is 0 Å². The van der Waals surface area contributed by atoms with E-state index < -0.39 is 5.97 Å². The van der Waals surface area contributed by atoms with Gasteiger partial charge in [0.25, 0.3) is 0 Å². The standard InChI is InChI=1S/C14H19NO3/c1-10(9-18-2)15-7-3-4-11-8-12(14(16)17)5-6-13(11)15/h5-6,8,10H,3-4,7,9H2,1-2H3,(H,16,17). The number of aromatic carboxylic acids is 1. The lowest BCUT2D eigenvalue weighted by molar-refractivity contribution is 0.0696. The van der Waals surface area contributed by atoms with Crippen LogP contribution >= 0.6 is 0 Å². The number of hydrogen-bond acceptors (Lipinski definition) is 3. The zero-order valence-electron chi connectivity index (χ0n) is 10.8. The molecule has 0 aromatic heterocycles. The van der Waals surface area contributed by atoms with Crippen molar-refractivity contribution in [2.75, 3.05) is 25.2 Å². The van der Waals surface area contributed by atoms with Gasteiger partial charge in [-0.1, -0.05) is 0 Å². The molecule has 1 N–H and O–H groups in total. The molecule has 98 valence electrons. The van der Waals surface area contributed by atoms with Gasteiger partial charge in [-0.05, 0) is 43.5 Å². The Morgan fingerprint density at radius 1 is 1.56 bits per heavy atom. The highest BCUT2D eigenvalue weighted by Crippen LogP contribution is 2.29. The van der Waals surface area contributed by atoms with Gasteiger partial charge < -0.3 is 14.7 Å². The normalized spacial score (nSPS) is 16.2. The molecule has 2 rings (SSSR count). The highest BCUT2D eigenvalue weighted by Gasteiger charge is 2.22. The van der Waals surface area contributed by atoms with Crippen LogP contribution in [0.2, 0.25) is 0 Å². The maximum absolute atomic E-state index is 11.0. The molecule has 1 unspecified atom stereocenters. The lowest BCUT2D eigenvalue weighted by Gasteiger charge is -2.36. The zero-order chi connectivity index (χ0) is 13.1. The van der Waals surface area contributed by atoms with E-state index in [4.69, 9.17) is 9.84 Å². The largest absolute Gasteiger partial charge is 0.478 e. The summed E-state index contributed by atoms with van der Waals surface area (Å²) < 4.78 is 5.20. The number of hydrogen-bond donors (Lipinski definition) is 1. The fourth-order valence-corrected chi connectivity index (χ4v) is 2.55. The van der Waals surface area contributed by atoms with E-state index in [-0.39, 0.29) is 0 Å². The quantitative estimate of drug-likeness (QED) is 0.888. The summed E-state index contributed by atoms with van der Waals surface area (Å²) in [7, 11) is 1.70. The molecule has 1 aliphatic heterocycles. The molecule has 4 nitrogen and oxygen atoms in total. The topological polar surface area (TPSA) is 49.8 Å². The van der Waals surface area contributed by atoms with Crippen LogP contribution in [0.4, 0.5) is 5.69 Å². The molecule has 0 saturated heterocycles. The lowest BCUT2D eigenvalue weighted by Crippen LogP contribution is -2.39. The van der Waals surface area contributed by atoms with Gasteiger partial charge in [0.05, 0.1) is 12.2 Å². The highest BCUT2D eigenvalue weighted by molar-refractivity contribution is 5.88. The molecule has 0 aliphatic carbocycles. The summed E-state index contributed by atoms with van der Waals surface area (Å²) in [5, 5.41) is 9.01. The van der Waals surface area contributed by atoms with Crippen molar-refractivity contribution in [1.29, 1.82) is 0 Å². The van der Waals surface area contributed by atoms with Crippen molar-refractivity contribution < 1.29 is 14.6 Å². The minimum absolute atomic E-state index is 0.310. The van der Waals surface area contributed by atoms with Gasteiger partial charge in [0.2, 0.25) is 0 Å². The van der Waals surface area contributed by atoms with Crippen molar-refractivity contribution in [3.05, 3.63) is 29.3 Å². The third kappa shape index (κ3) is 2.48. The van der Waals surface area contributed by atoms with E-state index in [1.807, 2.05) is 6.07 Å². The number of nitrogens with zero attached hydrogens (tertiary/aromatic N) is 1. The second-order valence-electron chi connectivity index (χ2n) is 4.75. The summed E-state index contributed by atoms with van der Waals surface area (Å²) in [5.74, 6) is -0.861. The first-order valence-electron chi connectivity index (χ1n) is 6.25. The second-order valence-corrected chi connectivity index (χ2v) is 4.75. The van der Waals surface area contributed by atoms with Gasteiger partial charge in [0.1, 0.15) is 0 Å². The minimum Gasteiger partial charge on any atom is -0.478 e. The van der Waals surface area contributed by atoms with E-state index in [0.717, 1.165) is 30.6 Å². The molecular weight excluding hydrogens is 230 g/mol. The molecule has 1 heterocycles. The van der Waals surface area contributed by atoms with Crippen LogP contribution in [0, 0.1) is 0 Å². The lowest BCUT2D eigenvalue weighted by atomic mass is 9.98. The number of aryl methyl sites for hydroxylation is 1. The Bertz CT molecular complexity index is 445. The number of anilines is 1. The zero-order valence-corrected chi connectivity index (χ0v) is 10.8. The molecule has 0 bridgehead atoms. The Balaban J connectivity index is 2.29. The summed E-state index contributed by atoms with van der Waals surface area (Å²) in [6.45, 7) is 3.81. The Labute approximate surface area is 107 Å². The van der Waals surface area contributed by atoms with Crippen LogP contribution in [0.25, 0.3) is 0 Å². The van der Waals surface area contributed by atoms with Crippen molar-refractivity contribution in [3.63, 3.8) is 0 Å². The fourth-order valence-electron chi connectivity index (χ4n) is 2.55. The third-order valence-electron chi connectivity index (χ3n) is 3.42. The molecule has 1 aromatic rings. The fraction of sp³-hybridized carbons (Fsp3) is 0.500. The van der Waals surface area contributed by atoms with Crippen LogP contribution in [0.3, 0.4) is 0 Å². The average Bonchev–Trinajstić information content (AvgIpc) is 2.37. The van der Waals surface area contributed by atoms with E-state index >= 15 is 0 Å². The predicted octanol–water partition coefficient (Wildman–Crippen LogP) is 2.17. The van der Waals surface area contributed by atoms with Crippen LogP contribution in [-0.2, 0) is 11.2 Å². The van der Waals surface area contributed by atoms with Gasteiger partial charge in [-0.2, -0.15) is 0 Å². The molecule has 0 spiro atoms. The first-order chi connectivity index (χ1) is 8.63. The maximum atomic E-state index is 11.0. The molecule has 0 saturated carbocycles. The van der Waals surface area contributed by atoms with Crippen molar-refractivity contribution in [2.45, 2.75) is 25.8 Å². The van der Waals surface area contributed by atoms with Gasteiger partial charge in [-0.3, -0.25) is 0 Å². The summed E-state index contributed by atoms with van der Waals surface area (Å²) in [6, 6.07) is 5.71. The third-order valence-corrected chi connectivity index (χ3v) is 3.42. The van der Waals surface area contributed by atoms with Crippen LogP contribution in [-0.4, -0.2) is 37.4 Å². The van der Waals surface area contributed by atoms with Crippen molar-refractivity contribution in [3.8, 4) is 0 Å². The van der Waals surface area contributed by atoms with Crippen LogP contribution in [0.1, 0.15) is 29.3 Å². The van der Waals surface area contributed by atoms with E-state index in [2.05, 4.69) is 11.8 Å². The van der Waals surface area contributed by atoms with Crippen molar-refractivity contribution >= 4 is 11.7 Å². The Kier molecular flexibility index (Phi) is 3.87. The molecular formula is C14H19NO3. The summed E-state index contributed by atoms with van der Waals surface area (Å²) in [4.78, 5) is 13.3. The average molecular weight is 249 g/mol. The summed E-state index contributed by atoms with van der Waals surface area (Å²) >= 11 is 0. The number of carboxylic acid groups (broad SMARTS) is 1. The molecule has 18 heavy (non-hydrogen) atoms. The number of carbonyl (C=O) groups is 1. The molecule has 0 amide bonds. The maximum Gasteiger partial charge on any atom is 0.335 e. The molecule has 4 heteroatoms. The molecule has 0 radical (unpaired) electrons. The van der Waals surface area contributed by atoms with Crippen LogP contribution in [0.5, 0.6) is 0 Å². The Morgan fingerprint density at radius 3 is 3.00 bits per heavy atom. The minimum atomic E-state index is -0.861. The monoisotopic (exact) mass is 249 g/mol. The number of benzene rings is 1.